The Kier molecular flexibility index (Phi) is 7.70. The summed E-state index contributed by atoms with van der Waals surface area (Å²) in [5, 5.41) is 23.5. The van der Waals surface area contributed by atoms with E-state index in [1.54, 1.807) is 31.2 Å². The second-order valence-corrected chi connectivity index (χ2v) is 8.89. The largest absolute Gasteiger partial charge is 0.478 e. The third-order valence-corrected chi connectivity index (χ3v) is 5.89. The van der Waals surface area contributed by atoms with E-state index in [-0.39, 0.29) is 17.0 Å². The summed E-state index contributed by atoms with van der Waals surface area (Å²) in [4.78, 5) is 48.6. The number of nitrogens with one attached hydrogen (secondary N) is 2. The van der Waals surface area contributed by atoms with Crippen LogP contribution in [0.3, 0.4) is 0 Å². The minimum absolute atomic E-state index is 0.165. The third-order valence-electron chi connectivity index (χ3n) is 4.80. The lowest BCUT2D eigenvalue weighted by Gasteiger charge is -2.14. The Morgan fingerprint density at radius 3 is 2.12 bits per heavy atom. The number of hydrogen-bond acceptors (Lipinski definition) is 5. The summed E-state index contributed by atoms with van der Waals surface area (Å²) in [5.74, 6) is -3.57. The number of thioether (sulfide) groups is 1. The predicted molar refractivity (Wildman–Crippen MR) is 130 cm³/mol. The van der Waals surface area contributed by atoms with Crippen molar-refractivity contribution in [3.05, 3.63) is 89.0 Å². The molecule has 1 atom stereocenters. The molecule has 8 nitrogen and oxygen atoms in total. The zero-order valence-electron chi connectivity index (χ0n) is 18.4. The van der Waals surface area contributed by atoms with E-state index >= 15 is 0 Å². The second-order valence-electron chi connectivity index (χ2n) is 7.47. The van der Waals surface area contributed by atoms with Gasteiger partial charge >= 0.3 is 11.9 Å². The van der Waals surface area contributed by atoms with Gasteiger partial charge in [-0.25, -0.2) is 9.59 Å². The van der Waals surface area contributed by atoms with E-state index in [1.165, 1.54) is 23.9 Å². The molecule has 0 radical (unpaired) electrons. The van der Waals surface area contributed by atoms with E-state index in [4.69, 9.17) is 5.11 Å². The number of aromatic carboxylic acids is 2. The van der Waals surface area contributed by atoms with Gasteiger partial charge in [0, 0.05) is 16.3 Å². The second kappa shape index (κ2) is 10.7. The fraction of sp³-hybridized carbons (Fsp3) is 0.120. The number of carboxylic acids is 2. The summed E-state index contributed by atoms with van der Waals surface area (Å²) >= 11 is 1.30. The molecule has 0 saturated heterocycles. The molecular formula is C25H22N2O6S. The number of carbonyl (C=O) groups is 4. The Hall–Kier alpha value is -4.11. The van der Waals surface area contributed by atoms with Gasteiger partial charge in [-0.15, -0.1) is 11.8 Å². The predicted octanol–water partition coefficient (Wildman–Crippen LogP) is 4.76. The van der Waals surface area contributed by atoms with E-state index in [1.807, 2.05) is 31.2 Å². The van der Waals surface area contributed by atoms with Crippen LogP contribution in [-0.2, 0) is 4.79 Å². The molecule has 4 N–H and O–H groups in total. The van der Waals surface area contributed by atoms with Crippen molar-refractivity contribution in [3.8, 4) is 0 Å². The number of rotatable bonds is 8. The Balaban J connectivity index is 1.71. The van der Waals surface area contributed by atoms with Crippen molar-refractivity contribution >= 4 is 46.9 Å². The van der Waals surface area contributed by atoms with E-state index < -0.39 is 28.7 Å². The lowest BCUT2D eigenvalue weighted by Crippen LogP contribution is -2.22. The molecule has 0 aromatic heterocycles. The van der Waals surface area contributed by atoms with Crippen LogP contribution in [-0.4, -0.2) is 39.2 Å². The topological polar surface area (TPSA) is 133 Å². The molecule has 34 heavy (non-hydrogen) atoms. The molecule has 2 amide bonds. The van der Waals surface area contributed by atoms with Crippen LogP contribution in [0.2, 0.25) is 0 Å². The van der Waals surface area contributed by atoms with Crippen LogP contribution in [0.4, 0.5) is 11.4 Å². The van der Waals surface area contributed by atoms with E-state index in [9.17, 15) is 24.3 Å². The van der Waals surface area contributed by atoms with Gasteiger partial charge in [0.05, 0.1) is 21.9 Å². The molecule has 0 aliphatic carbocycles. The van der Waals surface area contributed by atoms with Crippen LogP contribution in [0.15, 0.2) is 71.6 Å². The normalized spacial score (nSPS) is 11.4. The quantitative estimate of drug-likeness (QED) is 0.343. The first kappa shape index (κ1) is 24.5. The molecule has 174 valence electrons. The maximum atomic E-state index is 12.7. The highest BCUT2D eigenvalue weighted by atomic mass is 32.2. The molecular weight excluding hydrogens is 456 g/mol. The molecule has 1 unspecified atom stereocenters. The van der Waals surface area contributed by atoms with Crippen LogP contribution < -0.4 is 10.6 Å². The number of hydrogen-bond donors (Lipinski definition) is 4. The van der Waals surface area contributed by atoms with Crippen molar-refractivity contribution in [3.63, 3.8) is 0 Å². The van der Waals surface area contributed by atoms with Crippen molar-refractivity contribution in [2.45, 2.75) is 24.0 Å². The van der Waals surface area contributed by atoms with E-state index in [0.29, 0.717) is 11.4 Å². The van der Waals surface area contributed by atoms with Crippen molar-refractivity contribution in [2.24, 2.45) is 0 Å². The van der Waals surface area contributed by atoms with Gasteiger partial charge < -0.3 is 20.8 Å². The van der Waals surface area contributed by atoms with Crippen LogP contribution in [0, 0.1) is 6.92 Å². The molecule has 0 aliphatic heterocycles. The monoisotopic (exact) mass is 478 g/mol. The highest BCUT2D eigenvalue weighted by Crippen LogP contribution is 2.27. The van der Waals surface area contributed by atoms with Crippen molar-refractivity contribution in [1.29, 1.82) is 0 Å². The van der Waals surface area contributed by atoms with Gasteiger partial charge in [0.25, 0.3) is 5.91 Å². The summed E-state index contributed by atoms with van der Waals surface area (Å²) in [6.07, 6.45) is 0. The van der Waals surface area contributed by atoms with Gasteiger partial charge in [-0.3, -0.25) is 9.59 Å². The summed E-state index contributed by atoms with van der Waals surface area (Å²) < 4.78 is 0. The maximum Gasteiger partial charge on any atom is 0.336 e. The van der Waals surface area contributed by atoms with Crippen molar-refractivity contribution in [2.75, 3.05) is 10.6 Å². The fourth-order valence-electron chi connectivity index (χ4n) is 3.12. The highest BCUT2D eigenvalue weighted by molar-refractivity contribution is 8.00. The molecule has 0 heterocycles. The fourth-order valence-corrected chi connectivity index (χ4v) is 4.05. The molecule has 3 aromatic carbocycles. The summed E-state index contributed by atoms with van der Waals surface area (Å²) in [7, 11) is 0. The van der Waals surface area contributed by atoms with Gasteiger partial charge in [0.2, 0.25) is 5.91 Å². The van der Waals surface area contributed by atoms with E-state index in [2.05, 4.69) is 10.6 Å². The standard InChI is InChI=1S/C25H22N2O6S/c1-14-5-3-6-17(11-14)26-22(28)15(2)34-19-8-4-7-18(13-19)27-23(29)20-10-9-16(24(30)31)12-21(20)25(32)33/h3-13,15H,1-2H3,(H,26,28)(H,27,29)(H,30,31)(H,32,33). The maximum absolute atomic E-state index is 12.7. The van der Waals surface area contributed by atoms with Gasteiger partial charge in [0.1, 0.15) is 0 Å². The Labute approximate surface area is 200 Å². The zero-order valence-corrected chi connectivity index (χ0v) is 19.2. The highest BCUT2D eigenvalue weighted by Gasteiger charge is 2.20. The Bertz CT molecular complexity index is 1270. The van der Waals surface area contributed by atoms with E-state index in [0.717, 1.165) is 16.5 Å². The first-order chi connectivity index (χ1) is 16.1. The molecule has 0 aliphatic rings. The first-order valence-corrected chi connectivity index (χ1v) is 11.1. The van der Waals surface area contributed by atoms with Crippen LogP contribution in [0.25, 0.3) is 0 Å². The number of anilines is 2. The number of benzene rings is 3. The van der Waals surface area contributed by atoms with Crippen LogP contribution in [0.1, 0.15) is 43.6 Å². The zero-order chi connectivity index (χ0) is 24.8. The number of carbonyl (C=O) groups excluding carboxylic acids is 2. The Morgan fingerprint density at radius 2 is 1.47 bits per heavy atom. The molecule has 0 bridgehead atoms. The third kappa shape index (κ3) is 6.23. The molecule has 0 fully saturated rings. The first-order valence-electron chi connectivity index (χ1n) is 10.2. The molecule has 0 spiro atoms. The van der Waals surface area contributed by atoms with Crippen LogP contribution in [0.5, 0.6) is 0 Å². The molecule has 3 rings (SSSR count). The summed E-state index contributed by atoms with van der Waals surface area (Å²) in [6.45, 7) is 3.71. The lowest BCUT2D eigenvalue weighted by atomic mass is 10.0. The molecule has 0 saturated carbocycles. The van der Waals surface area contributed by atoms with Gasteiger partial charge in [-0.1, -0.05) is 18.2 Å². The van der Waals surface area contributed by atoms with Gasteiger partial charge in [0.15, 0.2) is 0 Å². The van der Waals surface area contributed by atoms with Crippen molar-refractivity contribution in [1.82, 2.24) is 0 Å². The van der Waals surface area contributed by atoms with Gasteiger partial charge in [-0.2, -0.15) is 0 Å². The van der Waals surface area contributed by atoms with Crippen molar-refractivity contribution < 1.29 is 29.4 Å². The minimum atomic E-state index is -1.41. The average molecular weight is 479 g/mol. The molecule has 3 aromatic rings. The molecule has 9 heteroatoms. The minimum Gasteiger partial charge on any atom is -0.478 e. The number of aryl methyl sites for hydroxylation is 1. The average Bonchev–Trinajstić information content (AvgIpc) is 2.78. The summed E-state index contributed by atoms with van der Waals surface area (Å²) in [6, 6.07) is 17.6. The lowest BCUT2D eigenvalue weighted by molar-refractivity contribution is -0.115. The number of amides is 2. The Morgan fingerprint density at radius 1 is 0.794 bits per heavy atom. The SMILES string of the molecule is Cc1cccc(NC(=O)C(C)Sc2cccc(NC(=O)c3ccc(C(=O)O)cc3C(=O)O)c2)c1. The smallest absolute Gasteiger partial charge is 0.336 e. The summed E-state index contributed by atoms with van der Waals surface area (Å²) in [5.41, 5.74) is 1.34. The van der Waals surface area contributed by atoms with Crippen LogP contribution >= 0.6 is 11.8 Å². The number of carboxylic acid groups (broad SMARTS) is 2. The van der Waals surface area contributed by atoms with Gasteiger partial charge in [-0.05, 0) is 67.9 Å².